The molecule has 0 radical (unpaired) electrons. The summed E-state index contributed by atoms with van der Waals surface area (Å²) >= 11 is 6.21. The van der Waals surface area contributed by atoms with Crippen LogP contribution in [0.2, 0.25) is 5.02 Å². The second-order valence-corrected chi connectivity index (χ2v) is 8.05. The Morgan fingerprint density at radius 1 is 1.22 bits per heavy atom. The van der Waals surface area contributed by atoms with Gasteiger partial charge >= 0.3 is 0 Å². The Bertz CT molecular complexity index is 938. The smallest absolute Gasteiger partial charge is 0.275 e. The Morgan fingerprint density at radius 2 is 2.07 bits per heavy atom. The van der Waals surface area contributed by atoms with Crippen LogP contribution in [0.3, 0.4) is 0 Å². The molecule has 5 rings (SSSR count). The summed E-state index contributed by atoms with van der Waals surface area (Å²) in [4.78, 5) is 29.5. The molecule has 1 aromatic heterocycles. The monoisotopic (exact) mass is 384 g/mol. The number of nitrogens with zero attached hydrogens (tertiary/aromatic N) is 3. The van der Waals surface area contributed by atoms with E-state index in [1.54, 1.807) is 4.90 Å². The minimum Gasteiger partial charge on any atom is -0.332 e. The van der Waals surface area contributed by atoms with E-state index in [2.05, 4.69) is 10.2 Å². The van der Waals surface area contributed by atoms with Crippen molar-refractivity contribution in [2.24, 2.45) is 0 Å². The molecule has 0 spiro atoms. The van der Waals surface area contributed by atoms with E-state index < -0.39 is 0 Å². The van der Waals surface area contributed by atoms with E-state index in [1.165, 1.54) is 5.56 Å². The van der Waals surface area contributed by atoms with Gasteiger partial charge in [-0.25, -0.2) is 0 Å². The molecule has 1 unspecified atom stereocenters. The predicted molar refractivity (Wildman–Crippen MR) is 101 cm³/mol. The maximum absolute atomic E-state index is 13.2. The van der Waals surface area contributed by atoms with Crippen LogP contribution in [0.5, 0.6) is 0 Å². The SMILES string of the molecule is O=C(c1n[nH]c2c1CCCC2)N1CC(=O)N2CCc3ccc(Cl)cc3C2C1. The topological polar surface area (TPSA) is 69.3 Å². The van der Waals surface area contributed by atoms with Crippen LogP contribution in [0.4, 0.5) is 0 Å². The number of halogens is 1. The van der Waals surface area contributed by atoms with E-state index in [0.717, 1.165) is 48.9 Å². The number of nitrogens with one attached hydrogen (secondary N) is 1. The summed E-state index contributed by atoms with van der Waals surface area (Å²) in [6.45, 7) is 1.30. The molecule has 140 valence electrons. The first-order chi connectivity index (χ1) is 13.1. The van der Waals surface area contributed by atoms with E-state index in [4.69, 9.17) is 11.6 Å². The average molecular weight is 385 g/mol. The highest BCUT2D eigenvalue weighted by atomic mass is 35.5. The zero-order valence-corrected chi connectivity index (χ0v) is 15.8. The predicted octanol–water partition coefficient (Wildman–Crippen LogP) is 2.52. The molecule has 6 nitrogen and oxygen atoms in total. The molecule has 1 saturated heterocycles. The lowest BCUT2D eigenvalue weighted by Crippen LogP contribution is -2.55. The third-order valence-corrected chi connectivity index (χ3v) is 6.29. The molecule has 1 atom stereocenters. The quantitative estimate of drug-likeness (QED) is 0.821. The highest BCUT2D eigenvalue weighted by Gasteiger charge is 2.40. The summed E-state index contributed by atoms with van der Waals surface area (Å²) in [5.74, 6) is -0.147. The van der Waals surface area contributed by atoms with Gasteiger partial charge in [-0.05, 0) is 55.4 Å². The first kappa shape index (κ1) is 16.8. The van der Waals surface area contributed by atoms with Crippen LogP contribution in [-0.4, -0.2) is 51.4 Å². The van der Waals surface area contributed by atoms with Gasteiger partial charge in [-0.2, -0.15) is 5.10 Å². The summed E-state index contributed by atoms with van der Waals surface area (Å²) in [6, 6.07) is 5.72. The van der Waals surface area contributed by atoms with Gasteiger partial charge in [-0.15, -0.1) is 0 Å². The van der Waals surface area contributed by atoms with Crippen LogP contribution in [0.15, 0.2) is 18.2 Å². The van der Waals surface area contributed by atoms with Crippen molar-refractivity contribution >= 4 is 23.4 Å². The molecule has 1 aliphatic carbocycles. The largest absolute Gasteiger partial charge is 0.332 e. The first-order valence-corrected chi connectivity index (χ1v) is 9.93. The lowest BCUT2D eigenvalue weighted by molar-refractivity contribution is -0.139. The zero-order chi connectivity index (χ0) is 18.5. The summed E-state index contributed by atoms with van der Waals surface area (Å²) in [7, 11) is 0. The van der Waals surface area contributed by atoms with Crippen LogP contribution >= 0.6 is 11.6 Å². The molecule has 2 aromatic rings. The van der Waals surface area contributed by atoms with Crippen LogP contribution in [0, 0.1) is 0 Å². The number of hydrogen-bond donors (Lipinski definition) is 1. The number of H-pyrrole nitrogens is 1. The van der Waals surface area contributed by atoms with E-state index in [1.807, 2.05) is 23.1 Å². The van der Waals surface area contributed by atoms with Crippen molar-refractivity contribution in [1.82, 2.24) is 20.0 Å². The Balaban J connectivity index is 1.46. The fraction of sp³-hybridized carbons (Fsp3) is 0.450. The van der Waals surface area contributed by atoms with Crippen molar-refractivity contribution in [2.75, 3.05) is 19.6 Å². The molecule has 3 heterocycles. The number of benzene rings is 1. The van der Waals surface area contributed by atoms with Gasteiger partial charge in [0.1, 0.15) is 6.54 Å². The molecule has 1 aromatic carbocycles. The van der Waals surface area contributed by atoms with Gasteiger partial charge in [0, 0.05) is 29.4 Å². The third-order valence-electron chi connectivity index (χ3n) is 6.05. The third kappa shape index (κ3) is 2.74. The van der Waals surface area contributed by atoms with Gasteiger partial charge in [0.05, 0.1) is 6.04 Å². The maximum atomic E-state index is 13.2. The van der Waals surface area contributed by atoms with E-state index in [-0.39, 0.29) is 24.4 Å². The number of hydrogen-bond acceptors (Lipinski definition) is 3. The molecule has 3 aliphatic rings. The van der Waals surface area contributed by atoms with E-state index in [9.17, 15) is 9.59 Å². The lowest BCUT2D eigenvalue weighted by atomic mass is 9.90. The zero-order valence-electron chi connectivity index (χ0n) is 15.0. The van der Waals surface area contributed by atoms with Crippen molar-refractivity contribution in [1.29, 1.82) is 0 Å². The number of piperazine rings is 1. The summed E-state index contributed by atoms with van der Waals surface area (Å²) in [6.07, 6.45) is 4.85. The van der Waals surface area contributed by atoms with Crippen LogP contribution in [0.25, 0.3) is 0 Å². The Labute approximate surface area is 162 Å². The van der Waals surface area contributed by atoms with Crippen molar-refractivity contribution in [3.63, 3.8) is 0 Å². The van der Waals surface area contributed by atoms with Crippen molar-refractivity contribution in [2.45, 2.75) is 38.1 Å². The van der Waals surface area contributed by atoms with Gasteiger partial charge in [0.15, 0.2) is 5.69 Å². The molecular weight excluding hydrogens is 364 g/mol. The van der Waals surface area contributed by atoms with Gasteiger partial charge in [-0.1, -0.05) is 17.7 Å². The molecule has 7 heteroatoms. The molecule has 1 fully saturated rings. The summed E-state index contributed by atoms with van der Waals surface area (Å²) in [5.41, 5.74) is 4.87. The normalized spacial score (nSPS) is 21.5. The van der Waals surface area contributed by atoms with Crippen molar-refractivity contribution in [3.8, 4) is 0 Å². The maximum Gasteiger partial charge on any atom is 0.275 e. The molecule has 0 bridgehead atoms. The standard InChI is InChI=1S/C20H21ClN4O2/c21-13-6-5-12-7-8-25-17(15(12)9-13)10-24(11-18(25)26)20(27)19-14-3-1-2-4-16(14)22-23-19/h5-6,9,17H,1-4,7-8,10-11H2,(H,22,23). The molecule has 2 aliphatic heterocycles. The molecular formula is C20H21ClN4O2. The highest BCUT2D eigenvalue weighted by molar-refractivity contribution is 6.30. The Kier molecular flexibility index (Phi) is 3.97. The van der Waals surface area contributed by atoms with Crippen LogP contribution in [0.1, 0.15) is 51.8 Å². The lowest BCUT2D eigenvalue weighted by Gasteiger charge is -2.44. The van der Waals surface area contributed by atoms with Crippen LogP contribution in [-0.2, 0) is 24.1 Å². The van der Waals surface area contributed by atoms with Crippen LogP contribution < -0.4 is 0 Å². The number of fused-ring (bicyclic) bond motifs is 4. The average Bonchev–Trinajstić information content (AvgIpc) is 3.11. The number of carbonyl (C=O) groups excluding carboxylic acids is 2. The molecule has 1 N–H and O–H groups in total. The highest BCUT2D eigenvalue weighted by Crippen LogP contribution is 2.35. The number of rotatable bonds is 1. The summed E-state index contributed by atoms with van der Waals surface area (Å²) in [5, 5.41) is 7.98. The molecule has 2 amide bonds. The van der Waals surface area contributed by atoms with Gasteiger partial charge in [0.25, 0.3) is 5.91 Å². The number of amides is 2. The molecule has 27 heavy (non-hydrogen) atoms. The Hall–Kier alpha value is -2.34. The Morgan fingerprint density at radius 3 is 2.96 bits per heavy atom. The van der Waals surface area contributed by atoms with E-state index in [0.29, 0.717) is 23.8 Å². The molecule has 0 saturated carbocycles. The fourth-order valence-corrected chi connectivity index (χ4v) is 4.83. The fourth-order valence-electron chi connectivity index (χ4n) is 4.65. The number of aromatic amines is 1. The number of aryl methyl sites for hydroxylation is 1. The van der Waals surface area contributed by atoms with Crippen molar-refractivity contribution in [3.05, 3.63) is 51.3 Å². The van der Waals surface area contributed by atoms with Gasteiger partial charge in [0.2, 0.25) is 5.91 Å². The number of aromatic nitrogens is 2. The second-order valence-electron chi connectivity index (χ2n) is 7.62. The van der Waals surface area contributed by atoms with Gasteiger partial charge in [-0.3, -0.25) is 14.7 Å². The minimum absolute atomic E-state index is 0.00497. The van der Waals surface area contributed by atoms with Crippen molar-refractivity contribution < 1.29 is 9.59 Å². The van der Waals surface area contributed by atoms with Gasteiger partial charge < -0.3 is 9.80 Å². The first-order valence-electron chi connectivity index (χ1n) is 9.55. The summed E-state index contributed by atoms with van der Waals surface area (Å²) < 4.78 is 0. The van der Waals surface area contributed by atoms with E-state index >= 15 is 0 Å². The second kappa shape index (κ2) is 6.37. The minimum atomic E-state index is -0.142. The number of carbonyl (C=O) groups is 2.